The van der Waals surface area contributed by atoms with Gasteiger partial charge in [0.1, 0.15) is 0 Å². The van der Waals surface area contributed by atoms with Gasteiger partial charge in [-0.3, -0.25) is 0 Å². The van der Waals surface area contributed by atoms with Crippen LogP contribution < -0.4 is 24.8 Å². The zero-order chi connectivity index (χ0) is 15.7. The fourth-order valence-corrected chi connectivity index (χ4v) is 2.65. The predicted octanol–water partition coefficient (Wildman–Crippen LogP) is 1.43. The lowest BCUT2D eigenvalue weighted by molar-refractivity contribution is 0.324. The van der Waals surface area contributed by atoms with Crippen LogP contribution in [0.25, 0.3) is 0 Å². The minimum atomic E-state index is 0.273. The van der Waals surface area contributed by atoms with Gasteiger partial charge in [-0.25, -0.2) is 4.68 Å². The number of nitrogen functional groups attached to an aromatic ring is 1. The Labute approximate surface area is 128 Å². The predicted molar refractivity (Wildman–Crippen MR) is 82.2 cm³/mol. The maximum atomic E-state index is 5.72. The van der Waals surface area contributed by atoms with E-state index in [-0.39, 0.29) is 5.95 Å². The van der Waals surface area contributed by atoms with E-state index in [0.717, 1.165) is 31.1 Å². The zero-order valence-corrected chi connectivity index (χ0v) is 12.9. The van der Waals surface area contributed by atoms with E-state index in [1.165, 1.54) is 0 Å². The molecule has 0 bridgehead atoms. The van der Waals surface area contributed by atoms with E-state index in [0.29, 0.717) is 17.2 Å². The second-order valence-corrected chi connectivity index (χ2v) is 4.88. The molecule has 3 rings (SSSR count). The average molecular weight is 305 g/mol. The highest BCUT2D eigenvalue weighted by molar-refractivity contribution is 5.68. The third-order valence-electron chi connectivity index (χ3n) is 3.62. The van der Waals surface area contributed by atoms with Crippen molar-refractivity contribution in [3.63, 3.8) is 0 Å². The molecule has 22 heavy (non-hydrogen) atoms. The molecule has 0 saturated carbocycles. The summed E-state index contributed by atoms with van der Waals surface area (Å²) in [4.78, 5) is 6.34. The molecule has 118 valence electrons. The lowest BCUT2D eigenvalue weighted by Gasteiger charge is -2.28. The molecule has 0 atom stereocenters. The molecule has 0 aliphatic carbocycles. The van der Waals surface area contributed by atoms with E-state index >= 15 is 0 Å². The Hall–Kier alpha value is -2.64. The van der Waals surface area contributed by atoms with E-state index in [4.69, 9.17) is 19.9 Å². The molecule has 1 aromatic carbocycles. The third kappa shape index (κ3) is 2.26. The quantitative estimate of drug-likeness (QED) is 0.914. The molecule has 0 radical (unpaired) electrons. The number of hydrogen-bond donors (Lipinski definition) is 1. The highest BCUT2D eigenvalue weighted by atomic mass is 16.5. The van der Waals surface area contributed by atoms with E-state index in [1.54, 1.807) is 21.3 Å². The molecule has 8 nitrogen and oxygen atoms in total. The van der Waals surface area contributed by atoms with Crippen molar-refractivity contribution in [1.82, 2.24) is 14.8 Å². The van der Waals surface area contributed by atoms with Crippen molar-refractivity contribution >= 4 is 17.6 Å². The second kappa shape index (κ2) is 5.63. The van der Waals surface area contributed by atoms with Crippen molar-refractivity contribution < 1.29 is 14.2 Å². The number of aryl methyl sites for hydroxylation is 1. The molecule has 1 aliphatic heterocycles. The Morgan fingerprint density at radius 2 is 1.73 bits per heavy atom. The standard InChI is InChI=1S/C14H19N5O3/c1-20-10-7-9(8-11(21-2)12(10)22-3)18-5-4-6-19-14(18)16-13(15)17-19/h7-8H,4-6H2,1-3H3,(H2,15,17). The number of aromatic nitrogens is 3. The van der Waals surface area contributed by atoms with Crippen molar-refractivity contribution in [3.05, 3.63) is 12.1 Å². The molecule has 0 fully saturated rings. The number of hydrogen-bond acceptors (Lipinski definition) is 7. The summed E-state index contributed by atoms with van der Waals surface area (Å²) in [5.41, 5.74) is 6.61. The van der Waals surface area contributed by atoms with Gasteiger partial charge in [0, 0.05) is 25.2 Å². The number of rotatable bonds is 4. The first-order chi connectivity index (χ1) is 10.7. The largest absolute Gasteiger partial charge is 0.493 e. The van der Waals surface area contributed by atoms with Gasteiger partial charge in [0.25, 0.3) is 0 Å². The van der Waals surface area contributed by atoms with Crippen LogP contribution in [0.5, 0.6) is 17.2 Å². The first-order valence-electron chi connectivity index (χ1n) is 6.95. The van der Waals surface area contributed by atoms with Gasteiger partial charge in [-0.05, 0) is 6.42 Å². The smallest absolute Gasteiger partial charge is 0.241 e. The SMILES string of the molecule is COc1cc(N2CCCn3nc(N)nc32)cc(OC)c1OC. The van der Waals surface area contributed by atoms with Crippen LogP contribution >= 0.6 is 0 Å². The van der Waals surface area contributed by atoms with E-state index in [2.05, 4.69) is 10.1 Å². The lowest BCUT2D eigenvalue weighted by Crippen LogP contribution is -2.28. The highest BCUT2D eigenvalue weighted by Crippen LogP contribution is 2.42. The number of nitrogens with two attached hydrogens (primary N) is 1. The maximum Gasteiger partial charge on any atom is 0.241 e. The Kier molecular flexibility index (Phi) is 3.66. The molecule has 1 aromatic heterocycles. The zero-order valence-electron chi connectivity index (χ0n) is 12.9. The van der Waals surface area contributed by atoms with Crippen molar-refractivity contribution in [2.45, 2.75) is 13.0 Å². The van der Waals surface area contributed by atoms with E-state index in [9.17, 15) is 0 Å². The molecule has 8 heteroatoms. The van der Waals surface area contributed by atoms with Crippen LogP contribution in [0, 0.1) is 0 Å². The highest BCUT2D eigenvalue weighted by Gasteiger charge is 2.24. The maximum absolute atomic E-state index is 5.72. The Balaban J connectivity index is 2.09. The summed E-state index contributed by atoms with van der Waals surface area (Å²) in [5, 5.41) is 4.20. The molecule has 2 aromatic rings. The fourth-order valence-electron chi connectivity index (χ4n) is 2.65. The molecule has 0 spiro atoms. The van der Waals surface area contributed by atoms with Crippen LogP contribution in [-0.4, -0.2) is 42.6 Å². The Bertz CT molecular complexity index is 660. The van der Waals surface area contributed by atoms with Crippen LogP contribution in [0.2, 0.25) is 0 Å². The second-order valence-electron chi connectivity index (χ2n) is 4.88. The molecule has 2 heterocycles. The van der Waals surface area contributed by atoms with Crippen molar-refractivity contribution in [3.8, 4) is 17.2 Å². The average Bonchev–Trinajstić information content (AvgIpc) is 2.93. The van der Waals surface area contributed by atoms with Crippen molar-refractivity contribution in [2.75, 3.05) is 38.5 Å². The van der Waals surface area contributed by atoms with Gasteiger partial charge in [0.2, 0.25) is 17.6 Å². The molecule has 2 N–H and O–H groups in total. The van der Waals surface area contributed by atoms with Crippen LogP contribution in [0.3, 0.4) is 0 Å². The lowest BCUT2D eigenvalue weighted by atomic mass is 10.2. The summed E-state index contributed by atoms with van der Waals surface area (Å²) in [6.07, 6.45) is 0.951. The van der Waals surface area contributed by atoms with Gasteiger partial charge >= 0.3 is 0 Å². The van der Waals surface area contributed by atoms with E-state index < -0.39 is 0 Å². The first kappa shape index (κ1) is 14.3. The first-order valence-corrected chi connectivity index (χ1v) is 6.95. The topological polar surface area (TPSA) is 87.7 Å². The number of nitrogens with zero attached hydrogens (tertiary/aromatic N) is 4. The number of anilines is 3. The monoisotopic (exact) mass is 305 g/mol. The summed E-state index contributed by atoms with van der Waals surface area (Å²) in [6, 6.07) is 3.78. The number of methoxy groups -OCH3 is 3. The molecule has 0 unspecified atom stereocenters. The summed E-state index contributed by atoms with van der Waals surface area (Å²) < 4.78 is 18.0. The molecular formula is C14H19N5O3. The molecular weight excluding hydrogens is 286 g/mol. The van der Waals surface area contributed by atoms with Gasteiger partial charge in [0.15, 0.2) is 11.5 Å². The van der Waals surface area contributed by atoms with Crippen molar-refractivity contribution in [2.24, 2.45) is 0 Å². The fraction of sp³-hybridized carbons (Fsp3) is 0.429. The number of ether oxygens (including phenoxy) is 3. The Morgan fingerprint density at radius 3 is 2.32 bits per heavy atom. The summed E-state index contributed by atoms with van der Waals surface area (Å²) in [7, 11) is 4.77. The van der Waals surface area contributed by atoms with Crippen LogP contribution in [0.4, 0.5) is 17.6 Å². The van der Waals surface area contributed by atoms with E-state index in [1.807, 2.05) is 21.7 Å². The molecule has 1 aliphatic rings. The summed E-state index contributed by atoms with van der Waals surface area (Å²) in [6.45, 7) is 1.62. The van der Waals surface area contributed by atoms with Crippen LogP contribution in [0.1, 0.15) is 6.42 Å². The summed E-state index contributed by atoms with van der Waals surface area (Å²) >= 11 is 0. The number of fused-ring (bicyclic) bond motifs is 1. The summed E-state index contributed by atoms with van der Waals surface area (Å²) in [5.74, 6) is 2.75. The molecule has 0 amide bonds. The molecule has 0 saturated heterocycles. The minimum Gasteiger partial charge on any atom is -0.493 e. The van der Waals surface area contributed by atoms with Gasteiger partial charge < -0.3 is 24.8 Å². The van der Waals surface area contributed by atoms with Crippen LogP contribution in [0.15, 0.2) is 12.1 Å². The van der Waals surface area contributed by atoms with Gasteiger partial charge in [0.05, 0.1) is 27.0 Å². The number of benzene rings is 1. The van der Waals surface area contributed by atoms with Crippen molar-refractivity contribution in [1.29, 1.82) is 0 Å². The third-order valence-corrected chi connectivity index (χ3v) is 3.62. The van der Waals surface area contributed by atoms with Gasteiger partial charge in [-0.15, -0.1) is 5.10 Å². The van der Waals surface area contributed by atoms with Gasteiger partial charge in [-0.1, -0.05) is 0 Å². The Morgan fingerprint density at radius 1 is 1.05 bits per heavy atom. The van der Waals surface area contributed by atoms with Crippen LogP contribution in [-0.2, 0) is 6.54 Å². The normalized spacial score (nSPS) is 13.7. The minimum absolute atomic E-state index is 0.273. The van der Waals surface area contributed by atoms with Gasteiger partial charge in [-0.2, -0.15) is 4.98 Å².